The molecule has 0 radical (unpaired) electrons. The van der Waals surface area contributed by atoms with Crippen molar-refractivity contribution in [2.75, 3.05) is 37.9 Å². The largest absolute Gasteiger partial charge is 0.467 e. The van der Waals surface area contributed by atoms with Crippen molar-refractivity contribution in [1.82, 2.24) is 15.6 Å². The molecule has 0 amide bonds. The van der Waals surface area contributed by atoms with E-state index in [9.17, 15) is 8.78 Å². The highest BCUT2D eigenvalue weighted by molar-refractivity contribution is 14.0. The quantitative estimate of drug-likeness (QED) is 0.322. The highest BCUT2D eigenvalue weighted by atomic mass is 127. The summed E-state index contributed by atoms with van der Waals surface area (Å²) in [5.41, 5.74) is 1.51. The second-order valence-electron chi connectivity index (χ2n) is 7.56. The molecular weight excluding hydrogens is 531 g/mol. The Balaban J connectivity index is 0.00000289. The second kappa shape index (κ2) is 11.6. The van der Waals surface area contributed by atoms with Gasteiger partial charge in [-0.1, -0.05) is 0 Å². The number of hydrogen-bond donors (Lipinski definition) is 2. The number of rotatable bonds is 6. The van der Waals surface area contributed by atoms with Crippen LogP contribution in [-0.2, 0) is 17.8 Å². The maximum Gasteiger partial charge on any atom is 0.191 e. The minimum absolute atomic E-state index is 0. The SMILES string of the molecule is CCNC(=NCCc1cc(F)cc2c1OCOC2)NC1CCN(c2ncccc2F)C1.I. The molecule has 1 saturated heterocycles. The van der Waals surface area contributed by atoms with Crippen LogP contribution in [0.1, 0.15) is 24.5 Å². The summed E-state index contributed by atoms with van der Waals surface area (Å²) < 4.78 is 38.8. The Kier molecular flexibility index (Phi) is 8.85. The highest BCUT2D eigenvalue weighted by Gasteiger charge is 2.26. The zero-order chi connectivity index (χ0) is 21.6. The number of hydrogen-bond acceptors (Lipinski definition) is 5. The molecule has 3 heterocycles. The first-order chi connectivity index (χ1) is 15.1. The highest BCUT2D eigenvalue weighted by Crippen LogP contribution is 2.29. The number of aromatic nitrogens is 1. The molecule has 2 aliphatic heterocycles. The molecule has 2 N–H and O–H groups in total. The Morgan fingerprint density at radius 1 is 1.34 bits per heavy atom. The van der Waals surface area contributed by atoms with Crippen molar-refractivity contribution in [3.05, 3.63) is 53.2 Å². The average molecular weight is 559 g/mol. The van der Waals surface area contributed by atoms with Crippen LogP contribution in [0.15, 0.2) is 35.5 Å². The van der Waals surface area contributed by atoms with E-state index in [4.69, 9.17) is 9.47 Å². The number of guanidine groups is 1. The van der Waals surface area contributed by atoms with Crippen LogP contribution >= 0.6 is 24.0 Å². The van der Waals surface area contributed by atoms with E-state index in [1.807, 2.05) is 11.8 Å². The molecule has 2 aliphatic rings. The van der Waals surface area contributed by atoms with Gasteiger partial charge in [0.05, 0.1) is 6.61 Å². The van der Waals surface area contributed by atoms with Crippen LogP contribution in [0.3, 0.4) is 0 Å². The second-order valence-corrected chi connectivity index (χ2v) is 7.56. The fourth-order valence-electron chi connectivity index (χ4n) is 3.92. The van der Waals surface area contributed by atoms with E-state index < -0.39 is 0 Å². The Hall–Kier alpha value is -2.21. The van der Waals surface area contributed by atoms with Gasteiger partial charge in [0.15, 0.2) is 24.4 Å². The summed E-state index contributed by atoms with van der Waals surface area (Å²) in [7, 11) is 0. The Bertz CT molecular complexity index is 947. The van der Waals surface area contributed by atoms with Gasteiger partial charge in [0.2, 0.25) is 0 Å². The van der Waals surface area contributed by atoms with Crippen molar-refractivity contribution in [1.29, 1.82) is 0 Å². The molecule has 7 nitrogen and oxygen atoms in total. The van der Waals surface area contributed by atoms with Crippen molar-refractivity contribution >= 4 is 35.8 Å². The lowest BCUT2D eigenvalue weighted by Gasteiger charge is -2.21. The third-order valence-electron chi connectivity index (χ3n) is 5.31. The van der Waals surface area contributed by atoms with Crippen LogP contribution in [0.25, 0.3) is 0 Å². The summed E-state index contributed by atoms with van der Waals surface area (Å²) in [4.78, 5) is 10.7. The number of nitrogens with one attached hydrogen (secondary N) is 2. The molecule has 0 bridgehead atoms. The van der Waals surface area contributed by atoms with Gasteiger partial charge >= 0.3 is 0 Å². The van der Waals surface area contributed by atoms with Crippen molar-refractivity contribution < 1.29 is 18.3 Å². The lowest BCUT2D eigenvalue weighted by molar-refractivity contribution is -0.0172. The van der Waals surface area contributed by atoms with Gasteiger partial charge < -0.3 is 25.0 Å². The molecule has 1 unspecified atom stereocenters. The van der Waals surface area contributed by atoms with Crippen LogP contribution in [-0.4, -0.2) is 50.0 Å². The fraction of sp³-hybridized carbons (Fsp3) is 0.455. The summed E-state index contributed by atoms with van der Waals surface area (Å²) in [5.74, 6) is 1.16. The smallest absolute Gasteiger partial charge is 0.191 e. The first kappa shape index (κ1) is 24.4. The Morgan fingerprint density at radius 2 is 2.22 bits per heavy atom. The standard InChI is InChI=1S/C22H27F2N5O2.HI/c1-2-25-22(28-18-6-9-29(12-18)21-19(24)4-3-7-26-21)27-8-5-15-10-17(23)11-16-13-30-14-31-20(15)16;/h3-4,7,10-11,18H,2,5-6,8-9,12-14H2,1H3,(H2,25,27,28);1H. The maximum atomic E-state index is 14.0. The number of ether oxygens (including phenoxy) is 2. The molecule has 0 saturated carbocycles. The summed E-state index contributed by atoms with van der Waals surface area (Å²) in [6.45, 7) is 5.08. The average Bonchev–Trinajstić information content (AvgIpc) is 3.22. The van der Waals surface area contributed by atoms with Gasteiger partial charge in [-0.2, -0.15) is 0 Å². The van der Waals surface area contributed by atoms with E-state index in [2.05, 4.69) is 20.6 Å². The van der Waals surface area contributed by atoms with Gasteiger partial charge in [0.1, 0.15) is 11.6 Å². The number of nitrogens with zero attached hydrogens (tertiary/aromatic N) is 3. The first-order valence-corrected chi connectivity index (χ1v) is 10.6. The van der Waals surface area contributed by atoms with E-state index in [0.717, 1.165) is 24.1 Å². The summed E-state index contributed by atoms with van der Waals surface area (Å²) in [6.07, 6.45) is 3.00. The molecule has 0 spiro atoms. The van der Waals surface area contributed by atoms with E-state index >= 15 is 0 Å². The van der Waals surface area contributed by atoms with Crippen LogP contribution in [0.4, 0.5) is 14.6 Å². The maximum absolute atomic E-state index is 14.0. The van der Waals surface area contributed by atoms with Crippen molar-refractivity contribution in [2.45, 2.75) is 32.4 Å². The number of pyridine rings is 1. The van der Waals surface area contributed by atoms with Crippen LogP contribution in [0.5, 0.6) is 5.75 Å². The van der Waals surface area contributed by atoms with E-state index in [-0.39, 0.29) is 48.4 Å². The summed E-state index contributed by atoms with van der Waals surface area (Å²) >= 11 is 0. The van der Waals surface area contributed by atoms with Gasteiger partial charge in [-0.15, -0.1) is 24.0 Å². The van der Waals surface area contributed by atoms with E-state index in [0.29, 0.717) is 50.2 Å². The third-order valence-corrected chi connectivity index (χ3v) is 5.31. The lowest BCUT2D eigenvalue weighted by Crippen LogP contribution is -2.44. The molecule has 1 fully saturated rings. The van der Waals surface area contributed by atoms with E-state index in [1.165, 1.54) is 18.2 Å². The molecule has 4 rings (SSSR count). The predicted molar refractivity (Wildman–Crippen MR) is 130 cm³/mol. The topological polar surface area (TPSA) is 71.0 Å². The fourth-order valence-corrected chi connectivity index (χ4v) is 3.92. The molecule has 1 atom stereocenters. The van der Waals surface area contributed by atoms with Crippen LogP contribution in [0.2, 0.25) is 0 Å². The molecular formula is C22H28F2IN5O2. The van der Waals surface area contributed by atoms with Crippen molar-refractivity contribution in [3.8, 4) is 5.75 Å². The molecule has 2 aromatic rings. The number of benzene rings is 1. The van der Waals surface area contributed by atoms with Gasteiger partial charge in [0, 0.05) is 44.0 Å². The predicted octanol–water partition coefficient (Wildman–Crippen LogP) is 3.22. The lowest BCUT2D eigenvalue weighted by atomic mass is 10.1. The minimum Gasteiger partial charge on any atom is -0.467 e. The molecule has 0 aliphatic carbocycles. The molecule has 174 valence electrons. The van der Waals surface area contributed by atoms with Crippen molar-refractivity contribution in [3.63, 3.8) is 0 Å². The van der Waals surface area contributed by atoms with Gasteiger partial charge in [-0.3, -0.25) is 4.99 Å². The monoisotopic (exact) mass is 559 g/mol. The number of halogens is 3. The summed E-state index contributed by atoms with van der Waals surface area (Å²) in [6, 6.07) is 6.09. The molecule has 1 aromatic heterocycles. The van der Waals surface area contributed by atoms with Gasteiger partial charge in [-0.25, -0.2) is 13.8 Å². The minimum atomic E-state index is -0.310. The molecule has 10 heteroatoms. The van der Waals surface area contributed by atoms with Crippen LogP contribution in [0, 0.1) is 11.6 Å². The van der Waals surface area contributed by atoms with Gasteiger partial charge in [-0.05, 0) is 49.6 Å². The Labute approximate surface area is 203 Å². The number of fused-ring (bicyclic) bond motifs is 1. The zero-order valence-corrected chi connectivity index (χ0v) is 20.3. The summed E-state index contributed by atoms with van der Waals surface area (Å²) in [5, 5.41) is 6.66. The molecule has 1 aromatic carbocycles. The molecule has 32 heavy (non-hydrogen) atoms. The van der Waals surface area contributed by atoms with Crippen LogP contribution < -0.4 is 20.3 Å². The van der Waals surface area contributed by atoms with E-state index in [1.54, 1.807) is 12.3 Å². The third kappa shape index (κ3) is 5.97. The Morgan fingerprint density at radius 3 is 3.03 bits per heavy atom. The first-order valence-electron chi connectivity index (χ1n) is 10.6. The van der Waals surface area contributed by atoms with Gasteiger partial charge in [0.25, 0.3) is 0 Å². The zero-order valence-electron chi connectivity index (χ0n) is 17.9. The number of anilines is 1. The normalized spacial score (nSPS) is 17.9. The van der Waals surface area contributed by atoms with Crippen molar-refractivity contribution in [2.24, 2.45) is 4.99 Å². The number of aliphatic imine (C=N–C) groups is 1.